The van der Waals surface area contributed by atoms with Crippen molar-refractivity contribution in [1.29, 1.82) is 0 Å². The highest BCUT2D eigenvalue weighted by Crippen LogP contribution is 2.17. The van der Waals surface area contributed by atoms with Crippen LogP contribution in [-0.4, -0.2) is 37.6 Å². The molecule has 6 heteroatoms. The molecular formula is C22H27N3O3. The van der Waals surface area contributed by atoms with Crippen LogP contribution in [0, 0.1) is 13.8 Å². The monoisotopic (exact) mass is 381 g/mol. The third-order valence-electron chi connectivity index (χ3n) is 4.76. The molecule has 1 aliphatic rings. The fraction of sp³-hybridized carbons (Fsp3) is 0.364. The average Bonchev–Trinajstić information content (AvgIpc) is 3.21. The first kappa shape index (κ1) is 19.9. The van der Waals surface area contributed by atoms with Crippen molar-refractivity contribution < 1.29 is 14.3 Å². The second kappa shape index (κ2) is 9.37. The van der Waals surface area contributed by atoms with Crippen LogP contribution in [0.1, 0.15) is 34.3 Å². The quantitative estimate of drug-likeness (QED) is 0.688. The average molecular weight is 381 g/mol. The lowest BCUT2D eigenvalue weighted by atomic mass is 10.1. The lowest BCUT2D eigenvalue weighted by molar-refractivity contribution is -0.114. The van der Waals surface area contributed by atoms with Crippen LogP contribution in [0.15, 0.2) is 42.5 Å². The highest BCUT2D eigenvalue weighted by molar-refractivity contribution is 5.96. The van der Waals surface area contributed by atoms with Crippen molar-refractivity contribution in [3.05, 3.63) is 59.2 Å². The summed E-state index contributed by atoms with van der Waals surface area (Å²) in [5.41, 5.74) is 4.20. The van der Waals surface area contributed by atoms with Crippen molar-refractivity contribution >= 4 is 23.2 Å². The van der Waals surface area contributed by atoms with Gasteiger partial charge in [-0.25, -0.2) is 0 Å². The van der Waals surface area contributed by atoms with Crippen LogP contribution in [0.25, 0.3) is 0 Å². The van der Waals surface area contributed by atoms with Gasteiger partial charge in [-0.1, -0.05) is 18.2 Å². The largest absolute Gasteiger partial charge is 0.376 e. The molecule has 148 valence electrons. The smallest absolute Gasteiger partial charge is 0.251 e. The van der Waals surface area contributed by atoms with E-state index in [0.717, 1.165) is 42.0 Å². The number of ether oxygens (including phenoxy) is 1. The number of carbonyl (C=O) groups excluding carboxylic acids is 2. The van der Waals surface area contributed by atoms with Gasteiger partial charge in [-0.2, -0.15) is 0 Å². The Kier molecular flexibility index (Phi) is 6.66. The molecule has 1 saturated heterocycles. The molecular weight excluding hydrogens is 354 g/mol. The molecule has 1 heterocycles. The number of benzene rings is 2. The molecule has 1 atom stereocenters. The van der Waals surface area contributed by atoms with Crippen molar-refractivity contribution in [3.63, 3.8) is 0 Å². The summed E-state index contributed by atoms with van der Waals surface area (Å²) >= 11 is 0. The second-order valence-corrected chi connectivity index (χ2v) is 7.15. The summed E-state index contributed by atoms with van der Waals surface area (Å²) in [6, 6.07) is 13.1. The highest BCUT2D eigenvalue weighted by Gasteiger charge is 2.16. The van der Waals surface area contributed by atoms with Crippen molar-refractivity contribution in [3.8, 4) is 0 Å². The minimum atomic E-state index is -0.140. The minimum Gasteiger partial charge on any atom is -0.376 e. The van der Waals surface area contributed by atoms with Gasteiger partial charge in [-0.15, -0.1) is 0 Å². The molecule has 0 aliphatic carbocycles. The van der Waals surface area contributed by atoms with E-state index in [4.69, 9.17) is 4.74 Å². The van der Waals surface area contributed by atoms with Gasteiger partial charge in [0.1, 0.15) is 0 Å². The first-order valence-electron chi connectivity index (χ1n) is 9.62. The zero-order chi connectivity index (χ0) is 19.9. The molecule has 28 heavy (non-hydrogen) atoms. The van der Waals surface area contributed by atoms with E-state index in [9.17, 15) is 9.59 Å². The Labute approximate surface area is 165 Å². The summed E-state index contributed by atoms with van der Waals surface area (Å²) in [5, 5.41) is 8.90. The molecule has 1 unspecified atom stereocenters. The molecule has 0 bridgehead atoms. The lowest BCUT2D eigenvalue weighted by Gasteiger charge is -2.12. The molecule has 3 rings (SSSR count). The maximum atomic E-state index is 12.3. The van der Waals surface area contributed by atoms with Crippen molar-refractivity contribution in [2.45, 2.75) is 32.8 Å². The first-order chi connectivity index (χ1) is 13.5. The van der Waals surface area contributed by atoms with Crippen LogP contribution >= 0.6 is 0 Å². The summed E-state index contributed by atoms with van der Waals surface area (Å²) in [5.74, 6) is -0.277. The second-order valence-electron chi connectivity index (χ2n) is 7.15. The Morgan fingerprint density at radius 1 is 1.14 bits per heavy atom. The molecule has 0 aromatic heterocycles. The van der Waals surface area contributed by atoms with Crippen LogP contribution in [0.5, 0.6) is 0 Å². The van der Waals surface area contributed by atoms with E-state index >= 15 is 0 Å². The summed E-state index contributed by atoms with van der Waals surface area (Å²) in [7, 11) is 0. The van der Waals surface area contributed by atoms with Gasteiger partial charge in [0.2, 0.25) is 5.91 Å². The Bertz CT molecular complexity index is 845. The van der Waals surface area contributed by atoms with Gasteiger partial charge in [0.05, 0.1) is 12.6 Å². The van der Waals surface area contributed by atoms with Gasteiger partial charge in [0.25, 0.3) is 5.91 Å². The number of nitrogens with one attached hydrogen (secondary N) is 3. The fourth-order valence-corrected chi connectivity index (χ4v) is 3.13. The number of aryl methyl sites for hydroxylation is 2. The molecule has 2 aromatic carbocycles. The number of hydrogen-bond acceptors (Lipinski definition) is 4. The number of hydrogen-bond donors (Lipinski definition) is 3. The van der Waals surface area contributed by atoms with Gasteiger partial charge in [0, 0.05) is 30.1 Å². The number of anilines is 2. The third kappa shape index (κ3) is 5.57. The van der Waals surface area contributed by atoms with Gasteiger partial charge < -0.3 is 20.7 Å². The Morgan fingerprint density at radius 2 is 2.00 bits per heavy atom. The van der Waals surface area contributed by atoms with E-state index in [-0.39, 0.29) is 24.5 Å². The van der Waals surface area contributed by atoms with E-state index in [0.29, 0.717) is 12.1 Å². The Hall–Kier alpha value is -2.86. The normalized spacial score (nSPS) is 15.9. The number of amides is 2. The predicted octanol–water partition coefficient (Wildman–Crippen LogP) is 3.26. The maximum Gasteiger partial charge on any atom is 0.251 e. The van der Waals surface area contributed by atoms with E-state index in [1.165, 1.54) is 0 Å². The maximum absolute atomic E-state index is 12.3. The van der Waals surface area contributed by atoms with E-state index in [1.807, 2.05) is 38.1 Å². The van der Waals surface area contributed by atoms with Crippen LogP contribution in [0.4, 0.5) is 11.4 Å². The zero-order valence-electron chi connectivity index (χ0n) is 16.4. The first-order valence-corrected chi connectivity index (χ1v) is 9.62. The number of rotatable bonds is 7. The van der Waals surface area contributed by atoms with Crippen LogP contribution in [0.3, 0.4) is 0 Å². The predicted molar refractivity (Wildman–Crippen MR) is 111 cm³/mol. The van der Waals surface area contributed by atoms with Crippen LogP contribution in [0.2, 0.25) is 0 Å². The topological polar surface area (TPSA) is 79.5 Å². The molecule has 3 N–H and O–H groups in total. The Balaban J connectivity index is 1.51. The highest BCUT2D eigenvalue weighted by atomic mass is 16.5. The SMILES string of the molecule is Cc1ccc(C)c(NC(=O)CNc2cccc(C(=O)NCC3CCCO3)c2)c1. The van der Waals surface area contributed by atoms with E-state index < -0.39 is 0 Å². The summed E-state index contributed by atoms with van der Waals surface area (Å²) in [6.07, 6.45) is 2.14. The molecule has 0 radical (unpaired) electrons. The summed E-state index contributed by atoms with van der Waals surface area (Å²) in [6.45, 7) is 5.36. The summed E-state index contributed by atoms with van der Waals surface area (Å²) in [4.78, 5) is 24.6. The molecule has 1 aliphatic heterocycles. The Morgan fingerprint density at radius 3 is 2.79 bits per heavy atom. The van der Waals surface area contributed by atoms with Gasteiger partial charge >= 0.3 is 0 Å². The van der Waals surface area contributed by atoms with E-state index in [2.05, 4.69) is 16.0 Å². The van der Waals surface area contributed by atoms with Crippen molar-refractivity contribution in [2.75, 3.05) is 30.3 Å². The van der Waals surface area contributed by atoms with Gasteiger partial charge in [0.15, 0.2) is 0 Å². The van der Waals surface area contributed by atoms with Gasteiger partial charge in [-0.3, -0.25) is 9.59 Å². The standard InChI is InChI=1S/C22H27N3O3/c1-15-8-9-16(2)20(11-15)25-21(26)14-23-18-6-3-5-17(12-18)22(27)24-13-19-7-4-10-28-19/h3,5-6,8-9,11-12,19,23H,4,7,10,13-14H2,1-2H3,(H,24,27)(H,25,26). The van der Waals surface area contributed by atoms with Gasteiger partial charge in [-0.05, 0) is 62.1 Å². The lowest BCUT2D eigenvalue weighted by Crippen LogP contribution is -2.31. The summed E-state index contributed by atoms with van der Waals surface area (Å²) < 4.78 is 5.52. The third-order valence-corrected chi connectivity index (χ3v) is 4.76. The molecule has 0 spiro atoms. The fourth-order valence-electron chi connectivity index (χ4n) is 3.13. The zero-order valence-corrected chi connectivity index (χ0v) is 16.4. The number of carbonyl (C=O) groups is 2. The van der Waals surface area contributed by atoms with E-state index in [1.54, 1.807) is 18.2 Å². The molecule has 2 amide bonds. The molecule has 0 saturated carbocycles. The molecule has 1 fully saturated rings. The van der Waals surface area contributed by atoms with Crippen LogP contribution in [-0.2, 0) is 9.53 Å². The molecule has 2 aromatic rings. The van der Waals surface area contributed by atoms with Crippen molar-refractivity contribution in [1.82, 2.24) is 5.32 Å². The molecule has 6 nitrogen and oxygen atoms in total. The minimum absolute atomic E-state index is 0.110. The van der Waals surface area contributed by atoms with Crippen molar-refractivity contribution in [2.24, 2.45) is 0 Å². The van der Waals surface area contributed by atoms with Crippen LogP contribution < -0.4 is 16.0 Å².